The molecule has 4 rings (SSSR count). The number of ether oxygens (including phenoxy) is 2. The van der Waals surface area contributed by atoms with Crippen LogP contribution in [0.4, 0.5) is 9.59 Å². The average molecular weight is 463 g/mol. The Hall–Kier alpha value is -3.78. The highest BCUT2D eigenvalue weighted by Crippen LogP contribution is 2.56. The maximum absolute atomic E-state index is 14.3. The number of carbonyl (C=O) groups is 3. The number of Topliss-reactive ketones (excluding diaryl/α,β-unsaturated/α-hetero) is 1. The van der Waals surface area contributed by atoms with Crippen molar-refractivity contribution in [2.45, 2.75) is 17.1 Å². The molecule has 3 aromatic carbocycles. The molecule has 33 heavy (non-hydrogen) atoms. The fraction of sp³-hybridized carbons (Fsp3) is 0.160. The van der Waals surface area contributed by atoms with Gasteiger partial charge in [-0.3, -0.25) is 4.79 Å². The van der Waals surface area contributed by atoms with E-state index in [0.29, 0.717) is 16.7 Å². The van der Waals surface area contributed by atoms with Crippen LogP contribution in [0.5, 0.6) is 0 Å². The molecule has 0 fully saturated rings. The van der Waals surface area contributed by atoms with Gasteiger partial charge in [-0.05, 0) is 17.2 Å². The van der Waals surface area contributed by atoms with Crippen molar-refractivity contribution < 1.29 is 23.9 Å². The lowest BCUT2D eigenvalue weighted by molar-refractivity contribution is -0.0490. The number of thioether (sulfide) groups is 1. The van der Waals surface area contributed by atoms with Crippen molar-refractivity contribution in [1.82, 2.24) is 0 Å². The van der Waals surface area contributed by atoms with E-state index < -0.39 is 29.8 Å². The first-order chi connectivity index (χ1) is 15.9. The van der Waals surface area contributed by atoms with Gasteiger partial charge in [0.15, 0.2) is 5.78 Å². The highest BCUT2D eigenvalue weighted by Gasteiger charge is 2.58. The van der Waals surface area contributed by atoms with Crippen LogP contribution in [0.15, 0.2) is 89.8 Å². The summed E-state index contributed by atoms with van der Waals surface area (Å²) in [5.74, 6) is -0.176. The lowest BCUT2D eigenvalue weighted by Crippen LogP contribution is -2.50. The summed E-state index contributed by atoms with van der Waals surface area (Å²) in [6.07, 6.45) is -4.39. The predicted molar refractivity (Wildman–Crippen MR) is 124 cm³/mol. The quantitative estimate of drug-likeness (QED) is 0.551. The van der Waals surface area contributed by atoms with Gasteiger partial charge >= 0.3 is 12.2 Å². The molecule has 2 unspecified atom stereocenters. The fourth-order valence-corrected chi connectivity index (χ4v) is 5.57. The van der Waals surface area contributed by atoms with E-state index in [0.717, 1.165) is 4.90 Å². The summed E-state index contributed by atoms with van der Waals surface area (Å²) in [7, 11) is 0. The minimum Gasteiger partial charge on any atom is -0.440 e. The first-order valence-corrected chi connectivity index (χ1v) is 11.2. The van der Waals surface area contributed by atoms with Crippen molar-refractivity contribution in [2.75, 3.05) is 5.75 Å². The number of rotatable bonds is 6. The van der Waals surface area contributed by atoms with Crippen LogP contribution >= 0.6 is 11.8 Å². The molecular formula is C25H22N2O5S. The van der Waals surface area contributed by atoms with Gasteiger partial charge in [0.05, 0.1) is 0 Å². The van der Waals surface area contributed by atoms with Crippen LogP contribution in [0.25, 0.3) is 0 Å². The van der Waals surface area contributed by atoms with Gasteiger partial charge in [0, 0.05) is 16.2 Å². The Kier molecular flexibility index (Phi) is 6.37. The van der Waals surface area contributed by atoms with Crippen LogP contribution in [0.3, 0.4) is 0 Å². The van der Waals surface area contributed by atoms with Crippen LogP contribution in [0, 0.1) is 5.41 Å². The van der Waals surface area contributed by atoms with Gasteiger partial charge in [0.25, 0.3) is 0 Å². The topological polar surface area (TPSA) is 122 Å². The SMILES string of the molecule is NC(=O)OC(c1ccccc1)C1(C(OC(N)=O)c2ccccc2)CSc2ccccc2C1=O. The van der Waals surface area contributed by atoms with Crippen molar-refractivity contribution in [1.29, 1.82) is 0 Å². The zero-order chi connectivity index (χ0) is 23.4. The van der Waals surface area contributed by atoms with E-state index in [2.05, 4.69) is 0 Å². The first-order valence-electron chi connectivity index (χ1n) is 10.2. The molecule has 1 aliphatic heterocycles. The molecule has 3 aromatic rings. The van der Waals surface area contributed by atoms with Crippen molar-refractivity contribution in [3.05, 3.63) is 102 Å². The molecule has 0 radical (unpaired) electrons. The molecule has 0 saturated carbocycles. The second-order valence-electron chi connectivity index (χ2n) is 7.61. The van der Waals surface area contributed by atoms with Crippen LogP contribution in [0.2, 0.25) is 0 Å². The minimum atomic E-state index is -1.54. The number of nitrogens with two attached hydrogens (primary N) is 2. The van der Waals surface area contributed by atoms with Gasteiger partial charge in [0.2, 0.25) is 0 Å². The number of fused-ring (bicyclic) bond motifs is 1. The molecule has 168 valence electrons. The summed E-state index contributed by atoms with van der Waals surface area (Å²) in [6, 6.07) is 24.8. The molecule has 2 amide bonds. The van der Waals surface area contributed by atoms with Gasteiger partial charge in [-0.25, -0.2) is 9.59 Å². The zero-order valence-electron chi connectivity index (χ0n) is 17.5. The summed E-state index contributed by atoms with van der Waals surface area (Å²) < 4.78 is 11.2. The highest BCUT2D eigenvalue weighted by atomic mass is 32.2. The number of amides is 2. The Labute approximate surface area is 195 Å². The van der Waals surface area contributed by atoms with Crippen molar-refractivity contribution in [3.63, 3.8) is 0 Å². The molecular weight excluding hydrogens is 440 g/mol. The lowest BCUT2D eigenvalue weighted by Gasteiger charge is -2.45. The monoisotopic (exact) mass is 462 g/mol. The van der Waals surface area contributed by atoms with Gasteiger partial charge in [0.1, 0.15) is 17.6 Å². The maximum atomic E-state index is 14.3. The summed E-state index contributed by atoms with van der Waals surface area (Å²) in [6.45, 7) is 0. The molecule has 0 aliphatic carbocycles. The van der Waals surface area contributed by atoms with Crippen molar-refractivity contribution in [2.24, 2.45) is 16.9 Å². The normalized spacial score (nSPS) is 19.1. The van der Waals surface area contributed by atoms with Gasteiger partial charge in [-0.15, -0.1) is 11.8 Å². The van der Waals surface area contributed by atoms with E-state index in [-0.39, 0.29) is 11.5 Å². The lowest BCUT2D eigenvalue weighted by atomic mass is 9.68. The summed E-state index contributed by atoms with van der Waals surface area (Å²) in [5, 5.41) is 0. The molecule has 8 heteroatoms. The Morgan fingerprint density at radius 3 is 1.70 bits per heavy atom. The predicted octanol–water partition coefficient (Wildman–Crippen LogP) is 4.63. The Bertz CT molecular complexity index is 1110. The molecule has 1 aliphatic rings. The smallest absolute Gasteiger partial charge is 0.405 e. The number of benzene rings is 3. The third kappa shape index (κ3) is 4.29. The number of hydrogen-bond donors (Lipinski definition) is 2. The number of ketones is 1. The third-order valence-corrected chi connectivity index (χ3v) is 6.92. The van der Waals surface area contributed by atoms with E-state index >= 15 is 0 Å². The average Bonchev–Trinajstić information content (AvgIpc) is 2.83. The summed E-state index contributed by atoms with van der Waals surface area (Å²) >= 11 is 1.41. The first kappa shape index (κ1) is 22.4. The maximum Gasteiger partial charge on any atom is 0.405 e. The minimum absolute atomic E-state index is 0.155. The molecule has 0 spiro atoms. The molecule has 0 bridgehead atoms. The van der Waals surface area contributed by atoms with Gasteiger partial charge in [-0.2, -0.15) is 0 Å². The van der Waals surface area contributed by atoms with Crippen molar-refractivity contribution in [3.8, 4) is 0 Å². The largest absolute Gasteiger partial charge is 0.440 e. The molecule has 1 heterocycles. The van der Waals surface area contributed by atoms with Crippen LogP contribution in [-0.4, -0.2) is 23.7 Å². The Morgan fingerprint density at radius 1 is 0.758 bits per heavy atom. The zero-order valence-corrected chi connectivity index (χ0v) is 18.4. The molecule has 0 aromatic heterocycles. The standard InChI is InChI=1S/C25H22N2O5S/c26-23(29)31-21(16-9-3-1-4-10-16)25(15-33-19-14-8-7-13-18(19)20(25)28)22(32-24(27)30)17-11-5-2-6-12-17/h1-14,21-22H,15H2,(H2,26,29)(H2,27,30). The number of primary amides is 2. The number of carbonyl (C=O) groups excluding carboxylic acids is 3. The third-order valence-electron chi connectivity index (χ3n) is 5.63. The number of hydrogen-bond acceptors (Lipinski definition) is 6. The van der Waals surface area contributed by atoms with Crippen LogP contribution in [0.1, 0.15) is 33.7 Å². The molecule has 2 atom stereocenters. The summed E-state index contributed by atoms with van der Waals surface area (Å²) in [4.78, 5) is 39.1. The van der Waals surface area contributed by atoms with Crippen molar-refractivity contribution >= 4 is 29.7 Å². The van der Waals surface area contributed by atoms with Crippen LogP contribution < -0.4 is 11.5 Å². The Morgan fingerprint density at radius 2 is 1.21 bits per heavy atom. The van der Waals surface area contributed by atoms with E-state index in [4.69, 9.17) is 20.9 Å². The Balaban J connectivity index is 2.00. The second-order valence-corrected chi connectivity index (χ2v) is 8.63. The molecule has 7 nitrogen and oxygen atoms in total. The summed E-state index contributed by atoms with van der Waals surface area (Å²) in [5.41, 5.74) is 10.9. The second kappa shape index (κ2) is 9.38. The van der Waals surface area contributed by atoms with Gasteiger partial charge in [-0.1, -0.05) is 78.9 Å². The van der Waals surface area contributed by atoms with E-state index in [1.807, 2.05) is 12.1 Å². The van der Waals surface area contributed by atoms with E-state index in [9.17, 15) is 14.4 Å². The highest BCUT2D eigenvalue weighted by molar-refractivity contribution is 7.99. The van der Waals surface area contributed by atoms with E-state index in [1.54, 1.807) is 72.8 Å². The van der Waals surface area contributed by atoms with E-state index in [1.165, 1.54) is 11.8 Å². The van der Waals surface area contributed by atoms with Gasteiger partial charge < -0.3 is 20.9 Å². The fourth-order valence-electron chi connectivity index (χ4n) is 4.25. The van der Waals surface area contributed by atoms with Crippen LogP contribution in [-0.2, 0) is 9.47 Å². The molecule has 4 N–H and O–H groups in total. The molecule has 0 saturated heterocycles.